The lowest BCUT2D eigenvalue weighted by molar-refractivity contribution is 0.442. The SMILES string of the molecule is CNC(C)(C#N)CCCN(C)c1cccc(C)c1. The number of nitrogens with one attached hydrogen (secondary N) is 1. The van der Waals surface area contributed by atoms with E-state index in [1.54, 1.807) is 0 Å². The maximum absolute atomic E-state index is 9.08. The van der Waals surface area contributed by atoms with Crippen LogP contribution in [0.5, 0.6) is 0 Å². The molecule has 0 heterocycles. The van der Waals surface area contributed by atoms with E-state index in [0.717, 1.165) is 19.4 Å². The van der Waals surface area contributed by atoms with E-state index < -0.39 is 5.54 Å². The quantitative estimate of drug-likeness (QED) is 0.837. The van der Waals surface area contributed by atoms with E-state index >= 15 is 0 Å². The van der Waals surface area contributed by atoms with Gasteiger partial charge < -0.3 is 10.2 Å². The van der Waals surface area contributed by atoms with Gasteiger partial charge in [0.05, 0.1) is 6.07 Å². The molecule has 0 fully saturated rings. The molecule has 1 unspecified atom stereocenters. The fraction of sp³-hybridized carbons (Fsp3) is 0.533. The molecular weight excluding hydrogens is 222 g/mol. The Morgan fingerprint density at radius 3 is 2.72 bits per heavy atom. The first-order chi connectivity index (χ1) is 8.50. The van der Waals surface area contributed by atoms with Crippen molar-refractivity contribution in [2.45, 2.75) is 32.2 Å². The fourth-order valence-electron chi connectivity index (χ4n) is 1.90. The Morgan fingerprint density at radius 2 is 2.17 bits per heavy atom. The van der Waals surface area contributed by atoms with E-state index in [1.807, 2.05) is 14.0 Å². The molecule has 3 nitrogen and oxygen atoms in total. The van der Waals surface area contributed by atoms with Gasteiger partial charge in [0.25, 0.3) is 0 Å². The van der Waals surface area contributed by atoms with Crippen LogP contribution in [-0.2, 0) is 0 Å². The summed E-state index contributed by atoms with van der Waals surface area (Å²) < 4.78 is 0. The fourth-order valence-corrected chi connectivity index (χ4v) is 1.90. The summed E-state index contributed by atoms with van der Waals surface area (Å²) in [5, 5.41) is 12.1. The molecule has 0 amide bonds. The molecule has 1 aromatic rings. The number of nitriles is 1. The zero-order chi connectivity index (χ0) is 13.6. The van der Waals surface area contributed by atoms with Gasteiger partial charge in [-0.25, -0.2) is 0 Å². The van der Waals surface area contributed by atoms with E-state index in [0.29, 0.717) is 0 Å². The first-order valence-corrected chi connectivity index (χ1v) is 6.39. The molecule has 1 rings (SSSR count). The summed E-state index contributed by atoms with van der Waals surface area (Å²) in [5.74, 6) is 0. The Hall–Kier alpha value is -1.53. The van der Waals surface area contributed by atoms with Gasteiger partial charge in [-0.15, -0.1) is 0 Å². The molecule has 0 aliphatic heterocycles. The second-order valence-electron chi connectivity index (χ2n) is 5.06. The monoisotopic (exact) mass is 245 g/mol. The highest BCUT2D eigenvalue weighted by Crippen LogP contribution is 2.16. The Morgan fingerprint density at radius 1 is 1.44 bits per heavy atom. The van der Waals surface area contributed by atoms with E-state index in [4.69, 9.17) is 5.26 Å². The molecule has 0 spiro atoms. The molecular formula is C15H23N3. The molecule has 0 aliphatic rings. The Balaban J connectivity index is 2.48. The van der Waals surface area contributed by atoms with E-state index in [-0.39, 0.29) is 0 Å². The average Bonchev–Trinajstić information content (AvgIpc) is 2.38. The molecule has 0 aromatic heterocycles. The summed E-state index contributed by atoms with van der Waals surface area (Å²) in [6.07, 6.45) is 1.85. The van der Waals surface area contributed by atoms with Crippen molar-refractivity contribution in [3.63, 3.8) is 0 Å². The van der Waals surface area contributed by atoms with Crippen molar-refractivity contribution in [2.24, 2.45) is 0 Å². The number of aryl methyl sites for hydroxylation is 1. The molecule has 1 N–H and O–H groups in total. The molecule has 0 bridgehead atoms. The lowest BCUT2D eigenvalue weighted by Gasteiger charge is -2.24. The van der Waals surface area contributed by atoms with Crippen molar-refractivity contribution in [3.05, 3.63) is 29.8 Å². The van der Waals surface area contributed by atoms with Gasteiger partial charge in [0.1, 0.15) is 5.54 Å². The van der Waals surface area contributed by atoms with Gasteiger partial charge in [-0.05, 0) is 51.4 Å². The van der Waals surface area contributed by atoms with Gasteiger partial charge in [-0.3, -0.25) is 0 Å². The van der Waals surface area contributed by atoms with Crippen LogP contribution in [-0.4, -0.2) is 26.2 Å². The molecule has 0 saturated carbocycles. The maximum Gasteiger partial charge on any atom is 0.103 e. The minimum Gasteiger partial charge on any atom is -0.375 e. The second-order valence-corrected chi connectivity index (χ2v) is 5.06. The molecule has 98 valence electrons. The summed E-state index contributed by atoms with van der Waals surface area (Å²) in [6, 6.07) is 10.8. The maximum atomic E-state index is 9.08. The van der Waals surface area contributed by atoms with Crippen LogP contribution in [0.25, 0.3) is 0 Å². The van der Waals surface area contributed by atoms with E-state index in [2.05, 4.69) is 54.5 Å². The summed E-state index contributed by atoms with van der Waals surface area (Å²) in [4.78, 5) is 2.24. The van der Waals surface area contributed by atoms with Crippen LogP contribution in [0.2, 0.25) is 0 Å². The highest BCUT2D eigenvalue weighted by Gasteiger charge is 2.20. The zero-order valence-corrected chi connectivity index (χ0v) is 11.8. The van der Waals surface area contributed by atoms with E-state index in [9.17, 15) is 0 Å². The summed E-state index contributed by atoms with van der Waals surface area (Å²) in [5.41, 5.74) is 2.10. The minimum absolute atomic E-state index is 0.409. The lowest BCUT2D eigenvalue weighted by Crippen LogP contribution is -2.38. The van der Waals surface area contributed by atoms with Crippen LogP contribution < -0.4 is 10.2 Å². The normalized spacial score (nSPS) is 13.7. The number of hydrogen-bond acceptors (Lipinski definition) is 3. The van der Waals surface area contributed by atoms with Gasteiger partial charge >= 0.3 is 0 Å². The van der Waals surface area contributed by atoms with Gasteiger partial charge in [0, 0.05) is 19.3 Å². The molecule has 0 aliphatic carbocycles. The van der Waals surface area contributed by atoms with Crippen molar-refractivity contribution >= 4 is 5.69 Å². The smallest absolute Gasteiger partial charge is 0.103 e. The molecule has 0 saturated heterocycles. The van der Waals surface area contributed by atoms with Gasteiger partial charge in [-0.1, -0.05) is 12.1 Å². The third-order valence-electron chi connectivity index (χ3n) is 3.41. The van der Waals surface area contributed by atoms with Crippen molar-refractivity contribution in [2.75, 3.05) is 25.5 Å². The summed E-state index contributed by atoms with van der Waals surface area (Å²) in [7, 11) is 3.94. The molecule has 1 aromatic carbocycles. The van der Waals surface area contributed by atoms with Crippen LogP contribution in [0.1, 0.15) is 25.3 Å². The van der Waals surface area contributed by atoms with Crippen LogP contribution in [0.15, 0.2) is 24.3 Å². The molecule has 18 heavy (non-hydrogen) atoms. The number of nitrogens with zero attached hydrogens (tertiary/aromatic N) is 2. The number of anilines is 1. The standard InChI is InChI=1S/C15H23N3/c1-13-7-5-8-14(11-13)18(4)10-6-9-15(2,12-16)17-3/h5,7-8,11,17H,6,9-10H2,1-4H3. The van der Waals surface area contributed by atoms with Crippen LogP contribution in [0, 0.1) is 18.3 Å². The lowest BCUT2D eigenvalue weighted by atomic mass is 9.98. The largest absolute Gasteiger partial charge is 0.375 e. The van der Waals surface area contributed by atoms with Crippen molar-refractivity contribution < 1.29 is 0 Å². The Kier molecular flexibility index (Phi) is 5.18. The van der Waals surface area contributed by atoms with E-state index in [1.165, 1.54) is 11.3 Å². The predicted octanol–water partition coefficient (Wildman–Crippen LogP) is 2.71. The molecule has 0 radical (unpaired) electrons. The number of benzene rings is 1. The van der Waals surface area contributed by atoms with Crippen LogP contribution in [0.3, 0.4) is 0 Å². The topological polar surface area (TPSA) is 39.1 Å². The van der Waals surface area contributed by atoms with Crippen LogP contribution >= 0.6 is 0 Å². The third kappa shape index (κ3) is 4.05. The first-order valence-electron chi connectivity index (χ1n) is 6.39. The first kappa shape index (κ1) is 14.5. The predicted molar refractivity (Wildman–Crippen MR) is 76.8 cm³/mol. The highest BCUT2D eigenvalue weighted by molar-refractivity contribution is 5.47. The van der Waals surface area contributed by atoms with Crippen LogP contribution in [0.4, 0.5) is 5.69 Å². The summed E-state index contributed by atoms with van der Waals surface area (Å²) in [6.45, 7) is 5.01. The highest BCUT2D eigenvalue weighted by atomic mass is 15.1. The second kappa shape index (κ2) is 6.42. The third-order valence-corrected chi connectivity index (χ3v) is 3.41. The number of rotatable bonds is 6. The van der Waals surface area contributed by atoms with Crippen molar-refractivity contribution in [1.82, 2.24) is 5.32 Å². The molecule has 3 heteroatoms. The van der Waals surface area contributed by atoms with Crippen molar-refractivity contribution in [1.29, 1.82) is 5.26 Å². The van der Waals surface area contributed by atoms with Crippen molar-refractivity contribution in [3.8, 4) is 6.07 Å². The summed E-state index contributed by atoms with van der Waals surface area (Å²) >= 11 is 0. The molecule has 1 atom stereocenters. The van der Waals surface area contributed by atoms with Gasteiger partial charge in [0.2, 0.25) is 0 Å². The Labute approximate surface area is 110 Å². The zero-order valence-electron chi connectivity index (χ0n) is 11.8. The minimum atomic E-state index is -0.409. The van der Waals surface area contributed by atoms with Gasteiger partial charge in [-0.2, -0.15) is 5.26 Å². The van der Waals surface area contributed by atoms with Gasteiger partial charge in [0.15, 0.2) is 0 Å². The Bertz CT molecular complexity index is 422. The number of hydrogen-bond donors (Lipinski definition) is 1. The average molecular weight is 245 g/mol.